The topological polar surface area (TPSA) is 36.1 Å². The second kappa shape index (κ2) is 5.23. The summed E-state index contributed by atoms with van der Waals surface area (Å²) in [5, 5.41) is 1.32. The maximum absolute atomic E-state index is 12.9. The highest BCUT2D eigenvalue weighted by Gasteiger charge is 2.38. The van der Waals surface area contributed by atoms with Crippen molar-refractivity contribution in [2.24, 2.45) is 11.8 Å². The van der Waals surface area contributed by atoms with Gasteiger partial charge in [-0.2, -0.15) is 0 Å². The molecule has 0 spiro atoms. The monoisotopic (exact) mass is 320 g/mol. The second-order valence-corrected chi connectivity index (χ2v) is 7.71. The summed E-state index contributed by atoms with van der Waals surface area (Å²) in [6.07, 6.45) is 8.11. The lowest BCUT2D eigenvalue weighted by atomic mass is 9.97. The number of hydrogen-bond acceptors (Lipinski definition) is 1. The largest absolute Gasteiger partial charge is 0.356 e. The molecule has 124 valence electrons. The minimum absolute atomic E-state index is 0.129. The van der Waals surface area contributed by atoms with Crippen molar-refractivity contribution in [2.45, 2.75) is 45.1 Å². The summed E-state index contributed by atoms with van der Waals surface area (Å²) in [6, 6.07) is 8.61. The molecule has 2 saturated carbocycles. The zero-order chi connectivity index (χ0) is 16.3. The first kappa shape index (κ1) is 14.3. The van der Waals surface area contributed by atoms with E-state index in [0.29, 0.717) is 11.8 Å². The Morgan fingerprint density at radius 2 is 1.88 bits per heavy atom. The van der Waals surface area contributed by atoms with Gasteiger partial charge in [0.25, 0.3) is 0 Å². The molecule has 2 aromatic rings. The van der Waals surface area contributed by atoms with E-state index in [4.69, 9.17) is 0 Å². The Labute approximate surface area is 142 Å². The molecule has 2 aliphatic carbocycles. The van der Waals surface area contributed by atoms with Gasteiger partial charge in [0.2, 0.25) is 5.91 Å². The molecule has 2 fully saturated rings. The number of nitrogens with zero attached hydrogens (tertiary/aromatic N) is 1. The van der Waals surface area contributed by atoms with E-state index >= 15 is 0 Å². The summed E-state index contributed by atoms with van der Waals surface area (Å²) in [5.74, 6) is 1.65. The third-order valence-corrected chi connectivity index (χ3v) is 6.01. The number of fused-ring (bicyclic) bond motifs is 3. The van der Waals surface area contributed by atoms with Crippen molar-refractivity contribution in [1.29, 1.82) is 0 Å². The molecule has 5 rings (SSSR count). The minimum Gasteiger partial charge on any atom is -0.356 e. The summed E-state index contributed by atoms with van der Waals surface area (Å²) in [5.41, 5.74) is 5.27. The van der Waals surface area contributed by atoms with Crippen LogP contribution in [-0.2, 0) is 11.2 Å². The molecular formula is C21H24N2O. The summed E-state index contributed by atoms with van der Waals surface area (Å²) < 4.78 is 0. The number of aromatic amines is 1. The lowest BCUT2D eigenvalue weighted by molar-refractivity contribution is -0.128. The van der Waals surface area contributed by atoms with E-state index in [1.54, 1.807) is 0 Å². The molecule has 1 aromatic carbocycles. The van der Waals surface area contributed by atoms with E-state index in [1.807, 2.05) is 6.08 Å². The first-order valence-electron chi connectivity index (χ1n) is 9.34. The van der Waals surface area contributed by atoms with Crippen LogP contribution >= 0.6 is 0 Å². The summed E-state index contributed by atoms with van der Waals surface area (Å²) in [6.45, 7) is 2.99. The number of para-hydroxylation sites is 1. The molecule has 0 bridgehead atoms. The molecule has 1 atom stereocenters. The van der Waals surface area contributed by atoms with E-state index in [2.05, 4.69) is 41.1 Å². The van der Waals surface area contributed by atoms with Gasteiger partial charge in [0.05, 0.1) is 6.04 Å². The molecule has 24 heavy (non-hydrogen) atoms. The van der Waals surface area contributed by atoms with Crippen LogP contribution in [0.4, 0.5) is 0 Å². The van der Waals surface area contributed by atoms with Gasteiger partial charge in [0.15, 0.2) is 0 Å². The second-order valence-electron chi connectivity index (χ2n) is 7.71. The van der Waals surface area contributed by atoms with Crippen LogP contribution in [0.5, 0.6) is 0 Å². The lowest BCUT2D eigenvalue weighted by Crippen LogP contribution is -2.38. The van der Waals surface area contributed by atoms with Gasteiger partial charge < -0.3 is 9.88 Å². The molecule has 0 unspecified atom stereocenters. The summed E-state index contributed by atoms with van der Waals surface area (Å²) >= 11 is 0. The van der Waals surface area contributed by atoms with E-state index in [0.717, 1.165) is 13.0 Å². The SMILES string of the molecule is C[C@H]1c2[nH]c3ccccc3c2CCN1C(=O)C=C(C1CC1)C1CC1. The van der Waals surface area contributed by atoms with Gasteiger partial charge in [0.1, 0.15) is 0 Å². The van der Waals surface area contributed by atoms with E-state index < -0.39 is 0 Å². The van der Waals surface area contributed by atoms with E-state index in [9.17, 15) is 4.79 Å². The Hall–Kier alpha value is -2.03. The van der Waals surface area contributed by atoms with Crippen LogP contribution < -0.4 is 0 Å². The number of allylic oxidation sites excluding steroid dienone is 1. The quantitative estimate of drug-likeness (QED) is 0.838. The number of nitrogens with one attached hydrogen (secondary N) is 1. The first-order valence-corrected chi connectivity index (χ1v) is 9.34. The summed E-state index contributed by atoms with van der Waals surface area (Å²) in [4.78, 5) is 18.6. The van der Waals surface area contributed by atoms with Crippen LogP contribution in [-0.4, -0.2) is 22.3 Å². The number of amides is 1. The normalized spacial score (nSPS) is 23.2. The van der Waals surface area contributed by atoms with Gasteiger partial charge in [-0.05, 0) is 62.5 Å². The number of hydrogen-bond donors (Lipinski definition) is 1. The Morgan fingerprint density at radius 3 is 2.58 bits per heavy atom. The Balaban J connectivity index is 1.45. The van der Waals surface area contributed by atoms with Gasteiger partial charge in [-0.15, -0.1) is 0 Å². The predicted molar refractivity (Wildman–Crippen MR) is 95.7 cm³/mol. The van der Waals surface area contributed by atoms with Crippen molar-refractivity contribution in [3.63, 3.8) is 0 Å². The van der Waals surface area contributed by atoms with E-state index in [-0.39, 0.29) is 11.9 Å². The maximum Gasteiger partial charge on any atom is 0.247 e. The fourth-order valence-corrected chi connectivity index (χ4v) is 4.36. The average Bonchev–Trinajstić information content (AvgIpc) is 3.50. The standard InChI is InChI=1S/C21H24N2O/c1-13-21-17(16-4-2-3-5-19(16)22-21)10-11-23(13)20(24)12-18(14-6-7-14)15-8-9-15/h2-5,12-15,22H,6-11H2,1H3/t13-/m0/s1. The molecule has 3 aliphatic rings. The zero-order valence-corrected chi connectivity index (χ0v) is 14.2. The van der Waals surface area contributed by atoms with Crippen LogP contribution in [0.3, 0.4) is 0 Å². The third kappa shape index (κ3) is 2.29. The van der Waals surface area contributed by atoms with E-state index in [1.165, 1.54) is 53.4 Å². The smallest absolute Gasteiger partial charge is 0.247 e. The van der Waals surface area contributed by atoms with Crippen LogP contribution in [0.2, 0.25) is 0 Å². The zero-order valence-electron chi connectivity index (χ0n) is 14.2. The van der Waals surface area contributed by atoms with Gasteiger partial charge in [-0.25, -0.2) is 0 Å². The van der Waals surface area contributed by atoms with Gasteiger partial charge in [0, 0.05) is 29.2 Å². The maximum atomic E-state index is 12.9. The number of rotatable bonds is 3. The molecule has 0 radical (unpaired) electrons. The van der Waals surface area contributed by atoms with Crippen LogP contribution in [0.15, 0.2) is 35.9 Å². The molecule has 1 N–H and O–H groups in total. The predicted octanol–water partition coefficient (Wildman–Crippen LogP) is 4.36. The minimum atomic E-state index is 0.129. The number of benzene rings is 1. The highest BCUT2D eigenvalue weighted by Crippen LogP contribution is 2.49. The molecular weight excluding hydrogens is 296 g/mol. The van der Waals surface area contributed by atoms with Crippen molar-refractivity contribution in [1.82, 2.24) is 9.88 Å². The van der Waals surface area contributed by atoms with Crippen molar-refractivity contribution >= 4 is 16.8 Å². The van der Waals surface area contributed by atoms with Crippen LogP contribution in [0.25, 0.3) is 10.9 Å². The molecule has 3 heteroatoms. The fraction of sp³-hybridized carbons (Fsp3) is 0.476. The number of carbonyl (C=O) groups excluding carboxylic acids is 1. The highest BCUT2D eigenvalue weighted by atomic mass is 16.2. The first-order chi connectivity index (χ1) is 11.7. The molecule has 2 heterocycles. The number of aromatic nitrogens is 1. The Bertz CT molecular complexity index is 825. The highest BCUT2D eigenvalue weighted by molar-refractivity contribution is 5.90. The molecule has 1 amide bonds. The molecule has 0 saturated heterocycles. The third-order valence-electron chi connectivity index (χ3n) is 6.01. The van der Waals surface area contributed by atoms with Crippen molar-refractivity contribution in [2.75, 3.05) is 6.54 Å². The van der Waals surface area contributed by atoms with Gasteiger partial charge in [-0.1, -0.05) is 23.8 Å². The fourth-order valence-electron chi connectivity index (χ4n) is 4.36. The van der Waals surface area contributed by atoms with Crippen LogP contribution in [0, 0.1) is 11.8 Å². The Kier molecular flexibility index (Phi) is 3.12. The number of H-pyrrole nitrogens is 1. The lowest BCUT2D eigenvalue weighted by Gasteiger charge is -2.33. The molecule has 3 nitrogen and oxygen atoms in total. The molecule has 1 aromatic heterocycles. The Morgan fingerprint density at radius 1 is 1.17 bits per heavy atom. The van der Waals surface area contributed by atoms with Gasteiger partial charge in [-0.3, -0.25) is 4.79 Å². The van der Waals surface area contributed by atoms with Crippen molar-refractivity contribution in [3.8, 4) is 0 Å². The summed E-state index contributed by atoms with van der Waals surface area (Å²) in [7, 11) is 0. The number of carbonyl (C=O) groups is 1. The molecule has 1 aliphatic heterocycles. The average molecular weight is 320 g/mol. The van der Waals surface area contributed by atoms with Crippen molar-refractivity contribution < 1.29 is 4.79 Å². The van der Waals surface area contributed by atoms with Gasteiger partial charge >= 0.3 is 0 Å². The van der Waals surface area contributed by atoms with Crippen molar-refractivity contribution in [3.05, 3.63) is 47.2 Å². The van der Waals surface area contributed by atoms with Crippen LogP contribution in [0.1, 0.15) is 49.9 Å².